The summed E-state index contributed by atoms with van der Waals surface area (Å²) in [6.07, 6.45) is 5.28. The summed E-state index contributed by atoms with van der Waals surface area (Å²) < 4.78 is 1.46. The molecule has 2 heterocycles. The first-order valence-electron chi connectivity index (χ1n) is 10.9. The minimum atomic E-state index is -0.247. The Kier molecular flexibility index (Phi) is 16.0. The van der Waals surface area contributed by atoms with Gasteiger partial charge in [-0.3, -0.25) is 9.59 Å². The number of carbonyl (C=O) groups is 1. The Bertz CT molecular complexity index is 811. The highest BCUT2D eigenvalue weighted by atomic mass is 16.3. The van der Waals surface area contributed by atoms with Gasteiger partial charge in [0.05, 0.1) is 0 Å². The minimum absolute atomic E-state index is 0.0849. The summed E-state index contributed by atoms with van der Waals surface area (Å²) in [5.41, 5.74) is 2.08. The summed E-state index contributed by atoms with van der Waals surface area (Å²) in [5, 5.41) is 8.64. The first-order chi connectivity index (χ1) is 14.6. The molecule has 0 aliphatic heterocycles. The maximum atomic E-state index is 11.8. The number of aliphatic hydroxyl groups excluding tert-OH is 1. The molecule has 0 bridgehead atoms. The molecule has 0 radical (unpaired) electrons. The average molecular weight is 435 g/mol. The number of hydrogen-bond donors (Lipinski definition) is 1. The van der Waals surface area contributed by atoms with E-state index in [0.29, 0.717) is 17.7 Å². The van der Waals surface area contributed by atoms with Crippen molar-refractivity contribution in [2.45, 2.75) is 73.8 Å². The normalized spacial score (nSPS) is 9.61. The Labute approximate surface area is 188 Å². The maximum absolute atomic E-state index is 11.8. The van der Waals surface area contributed by atoms with E-state index in [1.807, 2.05) is 41.5 Å². The third kappa shape index (κ3) is 10.4. The van der Waals surface area contributed by atoms with E-state index < -0.39 is 0 Å². The van der Waals surface area contributed by atoms with Crippen LogP contribution in [0, 0.1) is 0 Å². The SMILES string of the molecule is CC.CC.CC(C)c1cc(C(=O)N(C)C)c(=O)n(C)c1.CC(C)c1cnc(CO)nc1. The zero-order valence-corrected chi connectivity index (χ0v) is 21.2. The summed E-state index contributed by atoms with van der Waals surface area (Å²) in [6.45, 7) is 16.1. The third-order valence-electron chi connectivity index (χ3n) is 4.04. The molecule has 1 N–H and O–H groups in total. The van der Waals surface area contributed by atoms with Gasteiger partial charge in [0.15, 0.2) is 5.82 Å². The highest BCUT2D eigenvalue weighted by molar-refractivity contribution is 5.93. The second kappa shape index (κ2) is 16.2. The Balaban J connectivity index is 0. The van der Waals surface area contributed by atoms with Crippen LogP contribution in [0.3, 0.4) is 0 Å². The van der Waals surface area contributed by atoms with Crippen molar-refractivity contribution in [3.63, 3.8) is 0 Å². The molecule has 0 saturated carbocycles. The molecule has 7 heteroatoms. The van der Waals surface area contributed by atoms with E-state index in [0.717, 1.165) is 11.1 Å². The van der Waals surface area contributed by atoms with Crippen LogP contribution in [0.4, 0.5) is 0 Å². The summed E-state index contributed by atoms with van der Waals surface area (Å²) >= 11 is 0. The zero-order valence-electron chi connectivity index (χ0n) is 21.2. The van der Waals surface area contributed by atoms with Gasteiger partial charge in [0.25, 0.3) is 11.5 Å². The Morgan fingerprint density at radius 1 is 1.00 bits per heavy atom. The molecule has 2 aromatic rings. The average Bonchev–Trinajstić information content (AvgIpc) is 2.78. The van der Waals surface area contributed by atoms with Crippen molar-refractivity contribution in [1.29, 1.82) is 0 Å². The fourth-order valence-electron chi connectivity index (χ4n) is 2.19. The molecule has 0 spiro atoms. The minimum Gasteiger partial charge on any atom is -0.388 e. The topological polar surface area (TPSA) is 88.3 Å². The first-order valence-corrected chi connectivity index (χ1v) is 10.9. The number of aliphatic hydroxyl groups is 1. The van der Waals surface area contributed by atoms with Crippen LogP contribution in [0.5, 0.6) is 0 Å². The van der Waals surface area contributed by atoms with E-state index in [2.05, 4.69) is 23.8 Å². The Hall–Kier alpha value is -2.54. The smallest absolute Gasteiger partial charge is 0.263 e. The van der Waals surface area contributed by atoms with Gasteiger partial charge in [-0.25, -0.2) is 9.97 Å². The lowest BCUT2D eigenvalue weighted by Gasteiger charge is -2.13. The van der Waals surface area contributed by atoms with Gasteiger partial charge < -0.3 is 14.6 Å². The van der Waals surface area contributed by atoms with Gasteiger partial charge in [0, 0.05) is 39.7 Å². The number of carbonyl (C=O) groups excluding carboxylic acids is 1. The van der Waals surface area contributed by atoms with Gasteiger partial charge in [0.2, 0.25) is 0 Å². The molecule has 0 saturated heterocycles. The van der Waals surface area contributed by atoms with Crippen LogP contribution in [0.25, 0.3) is 0 Å². The second-order valence-corrected chi connectivity index (χ2v) is 7.20. The highest BCUT2D eigenvalue weighted by Gasteiger charge is 2.15. The number of amides is 1. The fourth-order valence-corrected chi connectivity index (χ4v) is 2.19. The van der Waals surface area contributed by atoms with Gasteiger partial charge in [-0.05, 0) is 29.0 Å². The van der Waals surface area contributed by atoms with E-state index in [4.69, 9.17) is 5.11 Å². The number of rotatable bonds is 4. The largest absolute Gasteiger partial charge is 0.388 e. The van der Waals surface area contributed by atoms with Gasteiger partial charge >= 0.3 is 0 Å². The molecule has 0 fully saturated rings. The van der Waals surface area contributed by atoms with Gasteiger partial charge in [-0.15, -0.1) is 0 Å². The predicted molar refractivity (Wildman–Crippen MR) is 129 cm³/mol. The summed E-state index contributed by atoms with van der Waals surface area (Å²) in [7, 11) is 4.95. The number of aromatic nitrogens is 3. The van der Waals surface area contributed by atoms with Crippen LogP contribution >= 0.6 is 0 Å². The number of nitrogens with zero attached hydrogens (tertiary/aromatic N) is 4. The quantitative estimate of drug-likeness (QED) is 0.772. The molecule has 0 aliphatic rings. The number of hydrogen-bond acceptors (Lipinski definition) is 5. The molecule has 31 heavy (non-hydrogen) atoms. The van der Waals surface area contributed by atoms with Crippen LogP contribution in [0.1, 0.15) is 94.5 Å². The third-order valence-corrected chi connectivity index (χ3v) is 4.04. The molecule has 0 atom stereocenters. The van der Waals surface area contributed by atoms with E-state index in [1.165, 1.54) is 9.47 Å². The Morgan fingerprint density at radius 2 is 1.45 bits per heavy atom. The molecule has 0 unspecified atom stereocenters. The molecule has 0 aromatic carbocycles. The highest BCUT2D eigenvalue weighted by Crippen LogP contribution is 2.14. The van der Waals surface area contributed by atoms with E-state index in [9.17, 15) is 9.59 Å². The fraction of sp³-hybridized carbons (Fsp3) is 0.583. The van der Waals surface area contributed by atoms with Crippen LogP contribution < -0.4 is 5.56 Å². The van der Waals surface area contributed by atoms with Gasteiger partial charge in [-0.2, -0.15) is 0 Å². The molecular weight excluding hydrogens is 392 g/mol. The zero-order chi connectivity index (χ0) is 24.7. The summed E-state index contributed by atoms with van der Waals surface area (Å²) in [5.74, 6) is 0.973. The summed E-state index contributed by atoms with van der Waals surface area (Å²) in [4.78, 5) is 32.9. The lowest BCUT2D eigenvalue weighted by atomic mass is 10.0. The number of pyridine rings is 1. The standard InChI is InChI=1S/C12H18N2O2.C8H12N2O.2C2H6/c1-8(2)9-6-10(11(15)13(3)4)12(16)14(5)7-9;1-6(2)7-3-9-8(5-11)10-4-7;2*1-2/h6-8H,1-5H3;3-4,6,11H,5H2,1-2H3;2*1-2H3. The van der Waals surface area contributed by atoms with Crippen molar-refractivity contribution in [1.82, 2.24) is 19.4 Å². The second-order valence-electron chi connectivity index (χ2n) is 7.20. The van der Waals surface area contributed by atoms with Crippen molar-refractivity contribution < 1.29 is 9.90 Å². The molecule has 2 aromatic heterocycles. The molecule has 7 nitrogen and oxygen atoms in total. The van der Waals surface area contributed by atoms with Crippen LogP contribution in [0.15, 0.2) is 29.5 Å². The molecule has 176 valence electrons. The molecule has 2 rings (SSSR count). The molecule has 0 aliphatic carbocycles. The van der Waals surface area contributed by atoms with E-state index >= 15 is 0 Å². The first kappa shape index (κ1) is 30.7. The lowest BCUT2D eigenvalue weighted by Crippen LogP contribution is -2.31. The number of aryl methyl sites for hydroxylation is 1. The van der Waals surface area contributed by atoms with Crippen LogP contribution in [0.2, 0.25) is 0 Å². The van der Waals surface area contributed by atoms with Crippen LogP contribution in [-0.4, -0.2) is 44.5 Å². The maximum Gasteiger partial charge on any atom is 0.263 e. The van der Waals surface area contributed by atoms with Crippen molar-refractivity contribution in [3.8, 4) is 0 Å². The van der Waals surface area contributed by atoms with E-state index in [-0.39, 0.29) is 23.6 Å². The molecular formula is C24H42N4O3. The van der Waals surface area contributed by atoms with Crippen molar-refractivity contribution >= 4 is 5.91 Å². The predicted octanol–water partition coefficient (Wildman–Crippen LogP) is 4.36. The Morgan fingerprint density at radius 3 is 1.81 bits per heavy atom. The monoisotopic (exact) mass is 434 g/mol. The van der Waals surface area contributed by atoms with Gasteiger partial charge in [-0.1, -0.05) is 55.4 Å². The van der Waals surface area contributed by atoms with Crippen molar-refractivity contribution in [2.24, 2.45) is 7.05 Å². The lowest BCUT2D eigenvalue weighted by molar-refractivity contribution is 0.0825. The summed E-state index contributed by atoms with van der Waals surface area (Å²) in [6, 6.07) is 1.69. The van der Waals surface area contributed by atoms with Crippen molar-refractivity contribution in [3.05, 3.63) is 57.5 Å². The molecule has 1 amide bonds. The van der Waals surface area contributed by atoms with Crippen LogP contribution in [-0.2, 0) is 13.7 Å². The van der Waals surface area contributed by atoms with Crippen molar-refractivity contribution in [2.75, 3.05) is 14.1 Å². The van der Waals surface area contributed by atoms with Gasteiger partial charge in [0.1, 0.15) is 12.2 Å². The van der Waals surface area contributed by atoms with E-state index in [1.54, 1.807) is 45.8 Å².